The smallest absolute Gasteiger partial charge is 0.330 e. The molecule has 2 aromatic rings. The van der Waals surface area contributed by atoms with E-state index in [4.69, 9.17) is 10.00 Å². The van der Waals surface area contributed by atoms with Gasteiger partial charge in [0.1, 0.15) is 18.5 Å². The summed E-state index contributed by atoms with van der Waals surface area (Å²) in [4.78, 5) is 16.5. The quantitative estimate of drug-likeness (QED) is 0.826. The SMILES string of the molecule is C[C@H](N=C1NS(=O)(=O)c2ccccc21)C(=O)OCc1ccccc1C#N. The molecule has 8 heteroatoms. The molecule has 0 saturated heterocycles. The van der Waals surface area contributed by atoms with E-state index in [1.54, 1.807) is 42.5 Å². The summed E-state index contributed by atoms with van der Waals surface area (Å²) in [6, 6.07) is 14.3. The zero-order chi connectivity index (χ0) is 18.7. The highest BCUT2D eigenvalue weighted by Gasteiger charge is 2.31. The minimum atomic E-state index is -3.66. The summed E-state index contributed by atoms with van der Waals surface area (Å²) in [6.45, 7) is 1.46. The molecule has 0 spiro atoms. The van der Waals surface area contributed by atoms with Crippen LogP contribution in [0.15, 0.2) is 58.4 Å². The molecule has 1 aliphatic heterocycles. The molecular weight excluding hydrogens is 354 g/mol. The molecule has 1 heterocycles. The van der Waals surface area contributed by atoms with Gasteiger partial charge in [-0.15, -0.1) is 0 Å². The Hall–Kier alpha value is -3.18. The van der Waals surface area contributed by atoms with Gasteiger partial charge in [0, 0.05) is 11.1 Å². The Morgan fingerprint density at radius 3 is 2.69 bits per heavy atom. The Kier molecular flexibility index (Phi) is 4.73. The van der Waals surface area contributed by atoms with Crippen LogP contribution in [0.2, 0.25) is 0 Å². The van der Waals surface area contributed by atoms with Gasteiger partial charge in [0.25, 0.3) is 10.0 Å². The van der Waals surface area contributed by atoms with Crippen molar-refractivity contribution in [2.24, 2.45) is 4.99 Å². The second-order valence-electron chi connectivity index (χ2n) is 5.63. The fourth-order valence-corrected chi connectivity index (χ4v) is 3.74. The molecule has 3 rings (SSSR count). The van der Waals surface area contributed by atoms with Crippen molar-refractivity contribution in [3.05, 3.63) is 65.2 Å². The zero-order valence-corrected chi connectivity index (χ0v) is 14.7. The summed E-state index contributed by atoms with van der Waals surface area (Å²) in [5, 5.41) is 9.05. The van der Waals surface area contributed by atoms with E-state index in [9.17, 15) is 13.2 Å². The van der Waals surface area contributed by atoms with Crippen LogP contribution in [0, 0.1) is 11.3 Å². The maximum Gasteiger partial charge on any atom is 0.330 e. The van der Waals surface area contributed by atoms with Gasteiger partial charge in [-0.3, -0.25) is 9.71 Å². The lowest BCUT2D eigenvalue weighted by atomic mass is 10.1. The molecule has 0 fully saturated rings. The Morgan fingerprint density at radius 2 is 1.92 bits per heavy atom. The lowest BCUT2D eigenvalue weighted by molar-refractivity contribution is -0.146. The van der Waals surface area contributed by atoms with Gasteiger partial charge in [0.05, 0.1) is 16.5 Å². The third kappa shape index (κ3) is 3.43. The number of nitrogens with zero attached hydrogens (tertiary/aromatic N) is 2. The van der Waals surface area contributed by atoms with E-state index in [1.165, 1.54) is 13.0 Å². The van der Waals surface area contributed by atoms with E-state index in [2.05, 4.69) is 9.71 Å². The van der Waals surface area contributed by atoms with Crippen molar-refractivity contribution in [3.63, 3.8) is 0 Å². The van der Waals surface area contributed by atoms with Crippen LogP contribution in [0.5, 0.6) is 0 Å². The largest absolute Gasteiger partial charge is 0.459 e. The minimum Gasteiger partial charge on any atom is -0.459 e. The van der Waals surface area contributed by atoms with Crippen molar-refractivity contribution in [2.75, 3.05) is 0 Å². The first kappa shape index (κ1) is 17.6. The van der Waals surface area contributed by atoms with Crippen LogP contribution in [-0.4, -0.2) is 26.3 Å². The Morgan fingerprint density at radius 1 is 1.23 bits per heavy atom. The highest BCUT2D eigenvalue weighted by atomic mass is 32.2. The van der Waals surface area contributed by atoms with Gasteiger partial charge in [0.15, 0.2) is 0 Å². The molecule has 0 radical (unpaired) electrons. The zero-order valence-electron chi connectivity index (χ0n) is 13.8. The highest BCUT2D eigenvalue weighted by molar-refractivity contribution is 7.90. The lowest BCUT2D eigenvalue weighted by Gasteiger charge is -2.10. The molecule has 0 aliphatic carbocycles. The van der Waals surface area contributed by atoms with Crippen molar-refractivity contribution < 1.29 is 17.9 Å². The van der Waals surface area contributed by atoms with Gasteiger partial charge in [-0.25, -0.2) is 13.2 Å². The molecule has 7 nitrogen and oxygen atoms in total. The average molecular weight is 369 g/mol. The average Bonchev–Trinajstić information content (AvgIpc) is 2.90. The lowest BCUT2D eigenvalue weighted by Crippen LogP contribution is -2.26. The van der Waals surface area contributed by atoms with Crippen LogP contribution < -0.4 is 4.72 Å². The first-order valence-corrected chi connectivity index (χ1v) is 9.25. The summed E-state index contributed by atoms with van der Waals surface area (Å²) in [5.74, 6) is -0.503. The normalized spacial score (nSPS) is 17.0. The summed E-state index contributed by atoms with van der Waals surface area (Å²) < 4.78 is 31.7. The second-order valence-corrected chi connectivity index (χ2v) is 7.28. The number of amidine groups is 1. The summed E-state index contributed by atoms with van der Waals surface area (Å²) in [7, 11) is -3.66. The number of carbonyl (C=O) groups excluding carboxylic acids is 1. The molecule has 0 unspecified atom stereocenters. The van der Waals surface area contributed by atoms with Crippen molar-refractivity contribution in [2.45, 2.75) is 24.5 Å². The highest BCUT2D eigenvalue weighted by Crippen LogP contribution is 2.22. The molecule has 1 N–H and O–H groups in total. The number of ether oxygens (including phenoxy) is 1. The molecule has 1 atom stereocenters. The van der Waals surface area contributed by atoms with Crippen molar-refractivity contribution in [1.82, 2.24) is 4.72 Å². The van der Waals surface area contributed by atoms with Crippen LogP contribution >= 0.6 is 0 Å². The van der Waals surface area contributed by atoms with E-state index in [1.807, 2.05) is 6.07 Å². The van der Waals surface area contributed by atoms with E-state index in [0.29, 0.717) is 16.7 Å². The van der Waals surface area contributed by atoms with Crippen LogP contribution in [0.3, 0.4) is 0 Å². The van der Waals surface area contributed by atoms with E-state index in [0.717, 1.165) is 0 Å². The van der Waals surface area contributed by atoms with Gasteiger partial charge in [-0.2, -0.15) is 5.26 Å². The fourth-order valence-electron chi connectivity index (χ4n) is 2.50. The predicted octanol–water partition coefficient (Wildman–Crippen LogP) is 1.73. The minimum absolute atomic E-state index is 0.0555. The summed E-state index contributed by atoms with van der Waals surface area (Å²) >= 11 is 0. The molecular formula is C18H15N3O4S. The molecule has 0 aromatic heterocycles. The number of nitrogens with one attached hydrogen (secondary N) is 1. The van der Waals surface area contributed by atoms with Crippen LogP contribution in [0.1, 0.15) is 23.6 Å². The molecule has 1 aliphatic rings. The number of fused-ring (bicyclic) bond motifs is 1. The van der Waals surface area contributed by atoms with Crippen molar-refractivity contribution in [3.8, 4) is 6.07 Å². The summed E-state index contributed by atoms with van der Waals surface area (Å²) in [5.41, 5.74) is 1.44. The monoisotopic (exact) mass is 369 g/mol. The number of carbonyl (C=O) groups is 1. The number of sulfonamides is 1. The number of benzene rings is 2. The van der Waals surface area contributed by atoms with E-state index >= 15 is 0 Å². The maximum atomic E-state index is 12.2. The first-order valence-electron chi connectivity index (χ1n) is 7.77. The fraction of sp³-hybridized carbons (Fsp3) is 0.167. The van der Waals surface area contributed by atoms with E-state index in [-0.39, 0.29) is 17.3 Å². The number of rotatable bonds is 4. The number of hydrogen-bond acceptors (Lipinski definition) is 6. The predicted molar refractivity (Wildman–Crippen MR) is 93.7 cm³/mol. The first-order chi connectivity index (χ1) is 12.4. The van der Waals surface area contributed by atoms with Gasteiger partial charge in [-0.05, 0) is 25.1 Å². The summed E-state index contributed by atoms with van der Waals surface area (Å²) in [6.07, 6.45) is 0. The number of aliphatic imine (C=N–C) groups is 1. The van der Waals surface area contributed by atoms with Crippen LogP contribution in [0.4, 0.5) is 0 Å². The standard InChI is InChI=1S/C18H15N3O4S/c1-12(18(22)25-11-14-7-3-2-6-13(14)10-19)20-17-15-8-4-5-9-16(15)26(23,24)21-17/h2-9,12H,11H2,1H3,(H,20,21)/t12-/m0/s1. The van der Waals surface area contributed by atoms with Gasteiger partial charge in [0.2, 0.25) is 0 Å². The van der Waals surface area contributed by atoms with Crippen molar-refractivity contribution >= 4 is 21.8 Å². The molecule has 132 valence electrons. The second kappa shape index (κ2) is 6.98. The Bertz CT molecular complexity index is 1040. The van der Waals surface area contributed by atoms with E-state index < -0.39 is 22.0 Å². The molecule has 0 saturated carbocycles. The van der Waals surface area contributed by atoms with Gasteiger partial charge < -0.3 is 4.74 Å². The topological polar surface area (TPSA) is 109 Å². The Balaban J connectivity index is 1.74. The number of hydrogen-bond donors (Lipinski definition) is 1. The third-order valence-electron chi connectivity index (χ3n) is 3.83. The Labute approximate surface area is 151 Å². The van der Waals surface area contributed by atoms with Gasteiger partial charge >= 0.3 is 5.97 Å². The molecule has 0 amide bonds. The molecule has 0 bridgehead atoms. The maximum absolute atomic E-state index is 12.2. The molecule has 2 aromatic carbocycles. The molecule has 26 heavy (non-hydrogen) atoms. The van der Waals surface area contributed by atoms with Crippen molar-refractivity contribution in [1.29, 1.82) is 5.26 Å². The van der Waals surface area contributed by atoms with Gasteiger partial charge in [-0.1, -0.05) is 30.3 Å². The number of esters is 1. The van der Waals surface area contributed by atoms with Crippen LogP contribution in [-0.2, 0) is 26.2 Å². The van der Waals surface area contributed by atoms with Crippen LogP contribution in [0.25, 0.3) is 0 Å². The number of nitriles is 1. The third-order valence-corrected chi connectivity index (χ3v) is 5.23.